The first-order valence-corrected chi connectivity index (χ1v) is 6.40. The van der Waals surface area contributed by atoms with Gasteiger partial charge in [-0.05, 0) is 32.1 Å². The molecule has 4 nitrogen and oxygen atoms in total. The van der Waals surface area contributed by atoms with Crippen LogP contribution in [0.15, 0.2) is 0 Å². The van der Waals surface area contributed by atoms with Crippen molar-refractivity contribution in [2.75, 3.05) is 13.1 Å². The zero-order valence-corrected chi connectivity index (χ0v) is 10.7. The lowest BCUT2D eigenvalue weighted by Crippen LogP contribution is -2.67. The maximum absolute atomic E-state index is 12.2. The van der Waals surface area contributed by atoms with Crippen LogP contribution in [0, 0.1) is 5.92 Å². The van der Waals surface area contributed by atoms with Gasteiger partial charge in [0.25, 0.3) is 0 Å². The van der Waals surface area contributed by atoms with Crippen molar-refractivity contribution < 1.29 is 22.8 Å². The first kappa shape index (κ1) is 14.1. The van der Waals surface area contributed by atoms with E-state index < -0.39 is 18.1 Å². The Kier molecular flexibility index (Phi) is 3.49. The van der Waals surface area contributed by atoms with Crippen LogP contribution in [0.5, 0.6) is 0 Å². The molecule has 1 saturated carbocycles. The van der Waals surface area contributed by atoms with Crippen molar-refractivity contribution in [3.8, 4) is 0 Å². The van der Waals surface area contributed by atoms with Gasteiger partial charge >= 0.3 is 6.18 Å². The van der Waals surface area contributed by atoms with E-state index in [1.807, 2.05) is 0 Å². The molecule has 0 radical (unpaired) electrons. The van der Waals surface area contributed by atoms with Crippen molar-refractivity contribution in [3.63, 3.8) is 0 Å². The van der Waals surface area contributed by atoms with E-state index in [0.717, 1.165) is 12.8 Å². The molecule has 1 unspecified atom stereocenters. The zero-order chi connectivity index (χ0) is 14.3. The number of carbonyl (C=O) groups excluding carboxylic acids is 2. The molecular weight excluding hydrogens is 261 g/mol. The van der Waals surface area contributed by atoms with E-state index in [4.69, 9.17) is 0 Å². The number of hydrogen-bond donors (Lipinski definition) is 1. The molecule has 0 bridgehead atoms. The molecule has 1 atom stereocenters. The average molecular weight is 278 g/mol. The molecule has 0 aromatic carbocycles. The van der Waals surface area contributed by atoms with E-state index in [2.05, 4.69) is 5.32 Å². The lowest BCUT2D eigenvalue weighted by atomic mass is 9.89. The Morgan fingerprint density at radius 2 is 2.00 bits per heavy atom. The number of halogens is 3. The van der Waals surface area contributed by atoms with Gasteiger partial charge in [0.05, 0.1) is 6.54 Å². The van der Waals surface area contributed by atoms with Crippen LogP contribution in [0.2, 0.25) is 0 Å². The highest BCUT2D eigenvalue weighted by Gasteiger charge is 2.54. The molecule has 0 aromatic heterocycles. The monoisotopic (exact) mass is 278 g/mol. The molecule has 0 spiro atoms. The summed E-state index contributed by atoms with van der Waals surface area (Å²) in [6.07, 6.45) is -3.64. The van der Waals surface area contributed by atoms with Gasteiger partial charge < -0.3 is 10.2 Å². The number of rotatable bonds is 4. The molecular formula is C12H17F3N2O2. The zero-order valence-electron chi connectivity index (χ0n) is 10.7. The molecule has 7 heteroatoms. The second-order valence-corrected chi connectivity index (χ2v) is 5.37. The fourth-order valence-corrected chi connectivity index (χ4v) is 2.66. The summed E-state index contributed by atoms with van der Waals surface area (Å²) in [5.74, 6) is -0.472. The fraction of sp³-hybridized carbons (Fsp3) is 0.833. The molecule has 1 saturated heterocycles. The van der Waals surface area contributed by atoms with Gasteiger partial charge in [-0.25, -0.2) is 0 Å². The summed E-state index contributed by atoms with van der Waals surface area (Å²) < 4.78 is 36.5. The van der Waals surface area contributed by atoms with Gasteiger partial charge in [0.15, 0.2) is 0 Å². The lowest BCUT2D eigenvalue weighted by molar-refractivity contribution is -0.156. The minimum Gasteiger partial charge on any atom is -0.345 e. The number of amides is 2. The van der Waals surface area contributed by atoms with Gasteiger partial charge in [-0.15, -0.1) is 0 Å². The SMILES string of the molecule is CC1(C2CC2)C(=O)NCC(=O)N1CCCC(F)(F)F. The number of alkyl halides is 3. The van der Waals surface area contributed by atoms with Crippen LogP contribution in [0.25, 0.3) is 0 Å². The smallest absolute Gasteiger partial charge is 0.345 e. The minimum atomic E-state index is -4.23. The van der Waals surface area contributed by atoms with Crippen molar-refractivity contribution >= 4 is 11.8 Å². The fourth-order valence-electron chi connectivity index (χ4n) is 2.66. The Labute approximate surface area is 109 Å². The third kappa shape index (κ3) is 2.84. The van der Waals surface area contributed by atoms with Crippen LogP contribution >= 0.6 is 0 Å². The van der Waals surface area contributed by atoms with Crippen molar-refractivity contribution in [2.45, 2.75) is 44.3 Å². The molecule has 2 amide bonds. The summed E-state index contributed by atoms with van der Waals surface area (Å²) in [4.78, 5) is 25.2. The first-order chi connectivity index (χ1) is 8.75. The van der Waals surface area contributed by atoms with Crippen LogP contribution in [-0.4, -0.2) is 41.5 Å². The summed E-state index contributed by atoms with van der Waals surface area (Å²) >= 11 is 0. The molecule has 2 fully saturated rings. The topological polar surface area (TPSA) is 49.4 Å². The van der Waals surface area contributed by atoms with Gasteiger partial charge in [-0.1, -0.05) is 0 Å². The number of hydrogen-bond acceptors (Lipinski definition) is 2. The summed E-state index contributed by atoms with van der Waals surface area (Å²) in [7, 11) is 0. The maximum Gasteiger partial charge on any atom is 0.389 e. The normalized spacial score (nSPS) is 28.5. The van der Waals surface area contributed by atoms with E-state index in [1.54, 1.807) is 6.92 Å². The second-order valence-electron chi connectivity index (χ2n) is 5.37. The third-order valence-electron chi connectivity index (χ3n) is 3.94. The van der Waals surface area contributed by atoms with Crippen LogP contribution < -0.4 is 5.32 Å². The predicted octanol–water partition coefficient (Wildman–Crippen LogP) is 1.46. The van der Waals surface area contributed by atoms with Crippen LogP contribution in [0.3, 0.4) is 0 Å². The van der Waals surface area contributed by atoms with E-state index in [9.17, 15) is 22.8 Å². The predicted molar refractivity (Wildman–Crippen MR) is 61.1 cm³/mol. The van der Waals surface area contributed by atoms with Crippen molar-refractivity contribution in [2.24, 2.45) is 5.92 Å². The third-order valence-corrected chi connectivity index (χ3v) is 3.94. The summed E-state index contributed by atoms with van der Waals surface area (Å²) in [5, 5.41) is 2.53. The van der Waals surface area contributed by atoms with E-state index in [0.29, 0.717) is 0 Å². The highest BCUT2D eigenvalue weighted by molar-refractivity contribution is 5.98. The van der Waals surface area contributed by atoms with Gasteiger partial charge in [0.1, 0.15) is 5.54 Å². The van der Waals surface area contributed by atoms with Crippen molar-refractivity contribution in [1.82, 2.24) is 10.2 Å². The molecule has 108 valence electrons. The Morgan fingerprint density at radius 1 is 1.37 bits per heavy atom. The molecule has 1 aliphatic heterocycles. The first-order valence-electron chi connectivity index (χ1n) is 6.40. The van der Waals surface area contributed by atoms with E-state index in [-0.39, 0.29) is 37.2 Å². The maximum atomic E-state index is 12.2. The molecule has 2 rings (SSSR count). The summed E-state index contributed by atoms with van der Waals surface area (Å²) in [6.45, 7) is 1.52. The van der Waals surface area contributed by atoms with E-state index >= 15 is 0 Å². The average Bonchev–Trinajstić information content (AvgIpc) is 3.11. The van der Waals surface area contributed by atoms with E-state index in [1.165, 1.54) is 4.90 Å². The molecule has 1 N–H and O–H groups in total. The van der Waals surface area contributed by atoms with Crippen LogP contribution in [0.4, 0.5) is 13.2 Å². The van der Waals surface area contributed by atoms with Crippen molar-refractivity contribution in [1.29, 1.82) is 0 Å². The molecule has 1 heterocycles. The molecule has 0 aromatic rings. The largest absolute Gasteiger partial charge is 0.389 e. The molecule has 19 heavy (non-hydrogen) atoms. The standard InChI is InChI=1S/C12H17F3N2O2/c1-11(8-3-4-8)10(19)16-7-9(18)17(11)6-2-5-12(13,14)15/h8H,2-7H2,1H3,(H,16,19). The Bertz CT molecular complexity index is 393. The number of nitrogens with one attached hydrogen (secondary N) is 1. The van der Waals surface area contributed by atoms with Gasteiger partial charge in [0, 0.05) is 13.0 Å². The van der Waals surface area contributed by atoms with Gasteiger partial charge in [-0.3, -0.25) is 9.59 Å². The second kappa shape index (κ2) is 4.68. The summed E-state index contributed by atoms with van der Waals surface area (Å²) in [6, 6.07) is 0. The lowest BCUT2D eigenvalue weighted by Gasteiger charge is -2.44. The number of nitrogens with zero attached hydrogens (tertiary/aromatic N) is 1. The highest BCUT2D eigenvalue weighted by atomic mass is 19.4. The molecule has 2 aliphatic rings. The quantitative estimate of drug-likeness (QED) is 0.846. The summed E-state index contributed by atoms with van der Waals surface area (Å²) in [5.41, 5.74) is -0.971. The number of carbonyl (C=O) groups is 2. The van der Waals surface area contributed by atoms with Gasteiger partial charge in [0.2, 0.25) is 11.8 Å². The van der Waals surface area contributed by atoms with Gasteiger partial charge in [-0.2, -0.15) is 13.2 Å². The van der Waals surface area contributed by atoms with Crippen LogP contribution in [-0.2, 0) is 9.59 Å². The highest BCUT2D eigenvalue weighted by Crippen LogP contribution is 2.44. The Balaban J connectivity index is 2.05. The Morgan fingerprint density at radius 3 is 2.53 bits per heavy atom. The minimum absolute atomic E-state index is 0.0151. The number of piperazine rings is 1. The van der Waals surface area contributed by atoms with Crippen molar-refractivity contribution in [3.05, 3.63) is 0 Å². The van der Waals surface area contributed by atoms with Crippen LogP contribution in [0.1, 0.15) is 32.6 Å². The Hall–Kier alpha value is -1.27. The molecule has 1 aliphatic carbocycles.